The molecule has 2 N–H and O–H groups in total. The van der Waals surface area contributed by atoms with Gasteiger partial charge in [-0.3, -0.25) is 0 Å². The fourth-order valence-electron chi connectivity index (χ4n) is 2.87. The van der Waals surface area contributed by atoms with Crippen LogP contribution < -0.4 is 10.6 Å². The van der Waals surface area contributed by atoms with Crippen LogP contribution >= 0.6 is 0 Å². The molecule has 0 aliphatic carbocycles. The minimum atomic E-state index is 0.404. The van der Waals surface area contributed by atoms with Gasteiger partial charge in [-0.25, -0.2) is 0 Å². The summed E-state index contributed by atoms with van der Waals surface area (Å²) in [4.78, 5) is 0. The highest BCUT2D eigenvalue weighted by Gasteiger charge is 2.17. The maximum Gasteiger partial charge on any atom is 0.0301 e. The van der Waals surface area contributed by atoms with Gasteiger partial charge >= 0.3 is 0 Å². The maximum atomic E-state index is 3.72. The van der Waals surface area contributed by atoms with Crippen molar-refractivity contribution < 1.29 is 0 Å². The maximum absolute atomic E-state index is 3.72. The van der Waals surface area contributed by atoms with Crippen LogP contribution in [-0.4, -0.2) is 19.1 Å². The van der Waals surface area contributed by atoms with Crippen molar-refractivity contribution in [1.82, 2.24) is 10.6 Å². The molecule has 2 atom stereocenters. The Morgan fingerprint density at radius 2 is 2.00 bits per heavy atom. The summed E-state index contributed by atoms with van der Waals surface area (Å²) < 4.78 is 0. The van der Waals surface area contributed by atoms with Gasteiger partial charge in [0.15, 0.2) is 0 Å². The van der Waals surface area contributed by atoms with Crippen LogP contribution in [0.4, 0.5) is 0 Å². The molecule has 1 aliphatic heterocycles. The Morgan fingerprint density at radius 3 is 2.83 bits per heavy atom. The number of benzene rings is 2. The Balaban J connectivity index is 1.88. The van der Waals surface area contributed by atoms with Gasteiger partial charge in [0.1, 0.15) is 0 Å². The lowest BCUT2D eigenvalue weighted by molar-refractivity contribution is 0.480. The second kappa shape index (κ2) is 5.09. The van der Waals surface area contributed by atoms with E-state index in [9.17, 15) is 0 Å². The van der Waals surface area contributed by atoms with E-state index in [2.05, 4.69) is 60.0 Å². The van der Waals surface area contributed by atoms with E-state index >= 15 is 0 Å². The van der Waals surface area contributed by atoms with Crippen molar-refractivity contribution in [1.29, 1.82) is 0 Å². The first-order valence-corrected chi connectivity index (χ1v) is 6.79. The number of nitrogens with one attached hydrogen (secondary N) is 2. The molecule has 0 radical (unpaired) electrons. The molecule has 0 aromatic heterocycles. The summed E-state index contributed by atoms with van der Waals surface area (Å²) in [5.41, 5.74) is 1.40. The monoisotopic (exact) mass is 240 g/mol. The third-order valence-corrected chi connectivity index (χ3v) is 3.84. The van der Waals surface area contributed by atoms with E-state index < -0.39 is 0 Å². The van der Waals surface area contributed by atoms with Crippen molar-refractivity contribution >= 4 is 10.8 Å². The van der Waals surface area contributed by atoms with E-state index in [-0.39, 0.29) is 0 Å². The van der Waals surface area contributed by atoms with Crippen LogP contribution in [0.2, 0.25) is 0 Å². The van der Waals surface area contributed by atoms with Gasteiger partial charge in [0.05, 0.1) is 0 Å². The SMILES string of the molecule is CC(NC1CCNC1)c1cccc2ccccc12. The molecule has 1 fully saturated rings. The van der Waals surface area contributed by atoms with Gasteiger partial charge in [0.25, 0.3) is 0 Å². The highest BCUT2D eigenvalue weighted by Crippen LogP contribution is 2.24. The quantitative estimate of drug-likeness (QED) is 0.862. The average molecular weight is 240 g/mol. The molecule has 0 spiro atoms. The zero-order chi connectivity index (χ0) is 12.4. The van der Waals surface area contributed by atoms with E-state index in [0.717, 1.165) is 13.1 Å². The van der Waals surface area contributed by atoms with Gasteiger partial charge in [-0.15, -0.1) is 0 Å². The fourth-order valence-corrected chi connectivity index (χ4v) is 2.87. The average Bonchev–Trinajstić information content (AvgIpc) is 2.91. The lowest BCUT2D eigenvalue weighted by Crippen LogP contribution is -2.33. The van der Waals surface area contributed by atoms with Gasteiger partial charge < -0.3 is 10.6 Å². The second-order valence-electron chi connectivity index (χ2n) is 5.15. The van der Waals surface area contributed by atoms with Crippen LogP contribution in [0.3, 0.4) is 0 Å². The zero-order valence-electron chi connectivity index (χ0n) is 10.8. The van der Waals surface area contributed by atoms with Crippen LogP contribution in [0.15, 0.2) is 42.5 Å². The van der Waals surface area contributed by atoms with E-state index in [1.807, 2.05) is 0 Å². The normalized spacial score (nSPS) is 21.3. The molecule has 1 saturated heterocycles. The molecule has 2 heteroatoms. The Labute approximate surface area is 108 Å². The smallest absolute Gasteiger partial charge is 0.0301 e. The second-order valence-corrected chi connectivity index (χ2v) is 5.15. The summed E-state index contributed by atoms with van der Waals surface area (Å²) in [7, 11) is 0. The molecule has 2 aromatic carbocycles. The van der Waals surface area contributed by atoms with Gasteiger partial charge in [-0.1, -0.05) is 42.5 Å². The van der Waals surface area contributed by atoms with E-state index in [0.29, 0.717) is 12.1 Å². The van der Waals surface area contributed by atoms with Gasteiger partial charge in [-0.2, -0.15) is 0 Å². The highest BCUT2D eigenvalue weighted by molar-refractivity contribution is 5.86. The third kappa shape index (κ3) is 2.26. The molecular formula is C16H20N2. The molecule has 2 unspecified atom stereocenters. The minimum Gasteiger partial charge on any atom is -0.315 e. The van der Waals surface area contributed by atoms with Crippen molar-refractivity contribution in [2.45, 2.75) is 25.4 Å². The molecule has 0 amide bonds. The Hall–Kier alpha value is -1.38. The summed E-state index contributed by atoms with van der Waals surface area (Å²) in [5.74, 6) is 0. The van der Waals surface area contributed by atoms with Gasteiger partial charge in [0.2, 0.25) is 0 Å². The van der Waals surface area contributed by atoms with Gasteiger partial charge in [-0.05, 0) is 36.2 Å². The standard InChI is InChI=1S/C16H20N2/c1-12(18-14-9-10-17-11-14)15-8-4-6-13-5-2-3-7-16(13)15/h2-8,12,14,17-18H,9-11H2,1H3. The van der Waals surface area contributed by atoms with Crippen molar-refractivity contribution in [3.8, 4) is 0 Å². The highest BCUT2D eigenvalue weighted by atomic mass is 15.0. The molecule has 0 saturated carbocycles. The van der Waals surface area contributed by atoms with Gasteiger partial charge in [0, 0.05) is 18.6 Å². The summed E-state index contributed by atoms with van der Waals surface area (Å²) >= 11 is 0. The largest absolute Gasteiger partial charge is 0.315 e. The topological polar surface area (TPSA) is 24.1 Å². The fraction of sp³-hybridized carbons (Fsp3) is 0.375. The van der Waals surface area contributed by atoms with Crippen molar-refractivity contribution in [3.63, 3.8) is 0 Å². The van der Waals surface area contributed by atoms with Crippen LogP contribution in [0.1, 0.15) is 24.9 Å². The molecule has 18 heavy (non-hydrogen) atoms. The van der Waals surface area contributed by atoms with E-state index in [4.69, 9.17) is 0 Å². The molecule has 1 aliphatic rings. The Bertz CT molecular complexity index is 524. The first-order valence-electron chi connectivity index (χ1n) is 6.79. The van der Waals surface area contributed by atoms with Crippen LogP contribution in [0.25, 0.3) is 10.8 Å². The lowest BCUT2D eigenvalue weighted by atomic mass is 9.99. The number of hydrogen-bond donors (Lipinski definition) is 2. The zero-order valence-corrected chi connectivity index (χ0v) is 10.8. The molecule has 94 valence electrons. The van der Waals surface area contributed by atoms with Crippen molar-refractivity contribution in [2.24, 2.45) is 0 Å². The first-order chi connectivity index (χ1) is 8.84. The predicted molar refractivity (Wildman–Crippen MR) is 76.8 cm³/mol. The summed E-state index contributed by atoms with van der Waals surface area (Å²) in [5, 5.41) is 9.82. The van der Waals surface area contributed by atoms with E-state index in [1.165, 1.54) is 22.8 Å². The number of rotatable bonds is 3. The number of hydrogen-bond acceptors (Lipinski definition) is 2. The van der Waals surface area contributed by atoms with Crippen molar-refractivity contribution in [3.05, 3.63) is 48.0 Å². The number of fused-ring (bicyclic) bond motifs is 1. The Morgan fingerprint density at radius 1 is 1.17 bits per heavy atom. The molecule has 1 heterocycles. The van der Waals surface area contributed by atoms with Crippen LogP contribution in [0.5, 0.6) is 0 Å². The summed E-state index contributed by atoms with van der Waals surface area (Å²) in [6, 6.07) is 16.2. The lowest BCUT2D eigenvalue weighted by Gasteiger charge is -2.20. The van der Waals surface area contributed by atoms with E-state index in [1.54, 1.807) is 0 Å². The molecule has 2 nitrogen and oxygen atoms in total. The molecular weight excluding hydrogens is 220 g/mol. The third-order valence-electron chi connectivity index (χ3n) is 3.84. The van der Waals surface area contributed by atoms with Crippen LogP contribution in [0, 0.1) is 0 Å². The summed E-state index contributed by atoms with van der Waals surface area (Å²) in [6.45, 7) is 4.50. The first kappa shape index (κ1) is 11.7. The van der Waals surface area contributed by atoms with Crippen molar-refractivity contribution in [2.75, 3.05) is 13.1 Å². The molecule has 0 bridgehead atoms. The molecule has 3 rings (SSSR count). The predicted octanol–water partition coefficient (Wildman–Crippen LogP) is 2.85. The summed E-state index contributed by atoms with van der Waals surface area (Å²) in [6.07, 6.45) is 1.23. The Kier molecular flexibility index (Phi) is 3.31. The van der Waals surface area contributed by atoms with Crippen LogP contribution in [-0.2, 0) is 0 Å². The minimum absolute atomic E-state index is 0.404. The molecule has 2 aromatic rings.